The van der Waals surface area contributed by atoms with Gasteiger partial charge in [0.1, 0.15) is 17.5 Å². The third-order valence-corrected chi connectivity index (χ3v) is 3.58. The van der Waals surface area contributed by atoms with Crippen molar-refractivity contribution in [3.05, 3.63) is 11.9 Å². The van der Waals surface area contributed by atoms with E-state index in [0.717, 1.165) is 31.2 Å². The highest BCUT2D eigenvalue weighted by atomic mass is 15.1. The highest BCUT2D eigenvalue weighted by Crippen LogP contribution is 2.38. The van der Waals surface area contributed by atoms with Gasteiger partial charge < -0.3 is 16.0 Å². The molecular formula is C14H25N5. The topological polar surface area (TPSA) is 67.1 Å². The maximum atomic E-state index is 5.82. The molecule has 0 bridgehead atoms. The van der Waals surface area contributed by atoms with Crippen LogP contribution in [0.2, 0.25) is 0 Å². The summed E-state index contributed by atoms with van der Waals surface area (Å²) in [4.78, 5) is 11.2. The fourth-order valence-corrected chi connectivity index (χ4v) is 1.90. The minimum absolute atomic E-state index is 0.538. The molecule has 0 spiro atoms. The van der Waals surface area contributed by atoms with Crippen molar-refractivity contribution in [1.29, 1.82) is 0 Å². The lowest BCUT2D eigenvalue weighted by Gasteiger charge is -2.20. The van der Waals surface area contributed by atoms with E-state index in [-0.39, 0.29) is 0 Å². The van der Waals surface area contributed by atoms with Crippen LogP contribution in [0.5, 0.6) is 0 Å². The molecule has 19 heavy (non-hydrogen) atoms. The quantitative estimate of drug-likeness (QED) is 0.737. The van der Waals surface area contributed by atoms with Gasteiger partial charge in [-0.15, -0.1) is 0 Å². The van der Waals surface area contributed by atoms with Crippen molar-refractivity contribution >= 4 is 11.6 Å². The Labute approximate surface area is 115 Å². The minimum Gasteiger partial charge on any atom is -0.384 e. The molecule has 0 unspecified atom stereocenters. The Morgan fingerprint density at radius 3 is 2.79 bits per heavy atom. The summed E-state index contributed by atoms with van der Waals surface area (Å²) in [6.07, 6.45) is 3.49. The van der Waals surface area contributed by atoms with Crippen molar-refractivity contribution in [3.63, 3.8) is 0 Å². The molecule has 5 nitrogen and oxygen atoms in total. The first-order valence-electron chi connectivity index (χ1n) is 7.15. The van der Waals surface area contributed by atoms with E-state index in [4.69, 9.17) is 5.73 Å². The number of rotatable bonds is 7. The van der Waals surface area contributed by atoms with E-state index in [1.54, 1.807) is 0 Å². The van der Waals surface area contributed by atoms with Crippen molar-refractivity contribution in [2.75, 3.05) is 31.2 Å². The predicted molar refractivity (Wildman–Crippen MR) is 79.3 cm³/mol. The van der Waals surface area contributed by atoms with Gasteiger partial charge in [-0.3, -0.25) is 0 Å². The molecule has 0 saturated heterocycles. The van der Waals surface area contributed by atoms with Gasteiger partial charge in [0.2, 0.25) is 0 Å². The highest BCUT2D eigenvalue weighted by Gasteiger charge is 2.27. The first-order valence-corrected chi connectivity index (χ1v) is 7.15. The van der Waals surface area contributed by atoms with Gasteiger partial charge in [-0.1, -0.05) is 0 Å². The highest BCUT2D eigenvalue weighted by molar-refractivity contribution is 5.45. The molecule has 0 atom stereocenters. The van der Waals surface area contributed by atoms with Gasteiger partial charge in [-0.25, -0.2) is 9.97 Å². The smallest absolute Gasteiger partial charge is 0.136 e. The molecule has 1 aliphatic carbocycles. The van der Waals surface area contributed by atoms with E-state index in [1.165, 1.54) is 12.8 Å². The molecule has 1 aromatic rings. The van der Waals surface area contributed by atoms with Crippen LogP contribution in [0, 0.1) is 0 Å². The number of hydrogen-bond acceptors (Lipinski definition) is 5. The standard InChI is InChI=1S/C14H25N5/c1-10(2)19(3)8-4-7-16-13-9-12(15)17-14(18-13)11-5-6-11/h9-11H,4-8H2,1-3H3,(H3,15,16,17,18). The molecule has 0 aromatic carbocycles. The minimum atomic E-state index is 0.538. The third-order valence-electron chi connectivity index (χ3n) is 3.58. The first kappa shape index (κ1) is 14.1. The number of nitrogen functional groups attached to an aromatic ring is 1. The lowest BCUT2D eigenvalue weighted by Crippen LogP contribution is -2.28. The molecule has 0 radical (unpaired) electrons. The normalized spacial score (nSPS) is 15.2. The fourth-order valence-electron chi connectivity index (χ4n) is 1.90. The lowest BCUT2D eigenvalue weighted by atomic mass is 10.3. The van der Waals surface area contributed by atoms with E-state index < -0.39 is 0 Å². The van der Waals surface area contributed by atoms with Crippen LogP contribution >= 0.6 is 0 Å². The summed E-state index contributed by atoms with van der Waals surface area (Å²) in [7, 11) is 2.15. The maximum absolute atomic E-state index is 5.82. The van der Waals surface area contributed by atoms with E-state index >= 15 is 0 Å². The van der Waals surface area contributed by atoms with E-state index in [9.17, 15) is 0 Å². The molecule has 1 heterocycles. The summed E-state index contributed by atoms with van der Waals surface area (Å²) in [6.45, 7) is 6.42. The third kappa shape index (κ3) is 4.35. The second kappa shape index (κ2) is 6.19. The molecule has 1 saturated carbocycles. The molecule has 1 aliphatic rings. The lowest BCUT2D eigenvalue weighted by molar-refractivity contribution is 0.273. The van der Waals surface area contributed by atoms with E-state index in [2.05, 4.69) is 41.1 Å². The predicted octanol–water partition coefficient (Wildman–Crippen LogP) is 2.08. The average Bonchev–Trinajstić information content (AvgIpc) is 3.17. The van der Waals surface area contributed by atoms with Crippen LogP contribution in [0.25, 0.3) is 0 Å². The van der Waals surface area contributed by atoms with Crippen LogP contribution in [0.3, 0.4) is 0 Å². The van der Waals surface area contributed by atoms with Crippen LogP contribution in [0.1, 0.15) is 44.9 Å². The zero-order valence-corrected chi connectivity index (χ0v) is 12.2. The SMILES string of the molecule is CC(C)N(C)CCCNc1cc(N)nc(C2CC2)n1. The Morgan fingerprint density at radius 1 is 1.42 bits per heavy atom. The Bertz CT molecular complexity index is 414. The second-order valence-electron chi connectivity index (χ2n) is 5.67. The Balaban J connectivity index is 1.79. The number of nitrogens with zero attached hydrogens (tertiary/aromatic N) is 3. The van der Waals surface area contributed by atoms with Crippen molar-refractivity contribution in [3.8, 4) is 0 Å². The van der Waals surface area contributed by atoms with Crippen molar-refractivity contribution in [2.24, 2.45) is 0 Å². The summed E-state index contributed by atoms with van der Waals surface area (Å²) in [6, 6.07) is 2.41. The van der Waals surface area contributed by atoms with Gasteiger partial charge in [0, 0.05) is 24.6 Å². The molecule has 1 fully saturated rings. The molecule has 0 aliphatic heterocycles. The van der Waals surface area contributed by atoms with Gasteiger partial charge >= 0.3 is 0 Å². The van der Waals surface area contributed by atoms with Gasteiger partial charge in [0.05, 0.1) is 0 Å². The summed E-state index contributed by atoms with van der Waals surface area (Å²) >= 11 is 0. The molecule has 5 heteroatoms. The average molecular weight is 263 g/mol. The number of aromatic nitrogens is 2. The van der Waals surface area contributed by atoms with Crippen molar-refractivity contribution in [1.82, 2.24) is 14.9 Å². The van der Waals surface area contributed by atoms with E-state index in [0.29, 0.717) is 17.8 Å². The van der Waals surface area contributed by atoms with Crippen molar-refractivity contribution in [2.45, 2.75) is 45.1 Å². The monoisotopic (exact) mass is 263 g/mol. The van der Waals surface area contributed by atoms with Gasteiger partial charge in [-0.2, -0.15) is 0 Å². The summed E-state index contributed by atoms with van der Waals surface area (Å²) in [5.41, 5.74) is 5.82. The fraction of sp³-hybridized carbons (Fsp3) is 0.714. The molecule has 3 N–H and O–H groups in total. The molecule has 2 rings (SSSR count). The Morgan fingerprint density at radius 2 is 2.16 bits per heavy atom. The van der Waals surface area contributed by atoms with Gasteiger partial charge in [-0.05, 0) is 46.7 Å². The molecule has 106 valence electrons. The molecular weight excluding hydrogens is 238 g/mol. The van der Waals surface area contributed by atoms with Crippen LogP contribution < -0.4 is 11.1 Å². The van der Waals surface area contributed by atoms with Crippen LogP contribution in [0.15, 0.2) is 6.07 Å². The Kier molecular flexibility index (Phi) is 4.58. The summed E-state index contributed by atoms with van der Waals surface area (Å²) in [5, 5.41) is 3.35. The van der Waals surface area contributed by atoms with Gasteiger partial charge in [0.15, 0.2) is 0 Å². The largest absolute Gasteiger partial charge is 0.384 e. The number of anilines is 2. The number of hydrogen-bond donors (Lipinski definition) is 2. The Hall–Kier alpha value is -1.36. The second-order valence-corrected chi connectivity index (χ2v) is 5.67. The number of nitrogens with two attached hydrogens (primary N) is 1. The van der Waals surface area contributed by atoms with Crippen molar-refractivity contribution < 1.29 is 0 Å². The first-order chi connectivity index (χ1) is 9.06. The van der Waals surface area contributed by atoms with Crippen LogP contribution in [-0.4, -0.2) is 41.0 Å². The maximum Gasteiger partial charge on any atom is 0.136 e. The molecule has 0 amide bonds. The zero-order valence-electron chi connectivity index (χ0n) is 12.2. The number of nitrogens with one attached hydrogen (secondary N) is 1. The van der Waals surface area contributed by atoms with Crippen LogP contribution in [0.4, 0.5) is 11.6 Å². The van der Waals surface area contributed by atoms with E-state index in [1.807, 2.05) is 6.07 Å². The zero-order chi connectivity index (χ0) is 13.8. The summed E-state index contributed by atoms with van der Waals surface area (Å²) < 4.78 is 0. The molecule has 1 aromatic heterocycles. The summed E-state index contributed by atoms with van der Waals surface area (Å²) in [5.74, 6) is 2.87. The van der Waals surface area contributed by atoms with Gasteiger partial charge in [0.25, 0.3) is 0 Å². The van der Waals surface area contributed by atoms with Crippen LogP contribution in [-0.2, 0) is 0 Å².